The highest BCUT2D eigenvalue weighted by atomic mass is 35.5. The van der Waals surface area contributed by atoms with Crippen molar-refractivity contribution in [1.82, 2.24) is 0 Å². The van der Waals surface area contributed by atoms with Crippen molar-refractivity contribution >= 4 is 33.0 Å². The lowest BCUT2D eigenvalue weighted by molar-refractivity contribution is 0.278. The Bertz CT molecular complexity index is 504. The predicted molar refractivity (Wildman–Crippen MR) is 69.1 cm³/mol. The van der Waals surface area contributed by atoms with Crippen LogP contribution in [0.3, 0.4) is 0 Å². The first kappa shape index (κ1) is 14.7. The number of nitrogens with two attached hydrogens (primary N) is 1. The number of halogens is 2. The molecule has 0 aliphatic carbocycles. The lowest BCUT2D eigenvalue weighted by Crippen LogP contribution is -2.36. The number of hydrogen-bond donors (Lipinski definition) is 2. The summed E-state index contributed by atoms with van der Waals surface area (Å²) in [5.74, 6) is 0. The van der Waals surface area contributed by atoms with E-state index in [4.69, 9.17) is 34.0 Å². The van der Waals surface area contributed by atoms with E-state index in [1.807, 2.05) is 0 Å². The van der Waals surface area contributed by atoms with Crippen LogP contribution in [0.4, 0.5) is 0 Å². The molecule has 2 unspecified atom stereocenters. The van der Waals surface area contributed by atoms with Crippen LogP contribution in [0.2, 0.25) is 10.0 Å². The average molecular weight is 298 g/mol. The third-order valence-electron chi connectivity index (χ3n) is 2.45. The maximum absolute atomic E-state index is 11.4. The minimum absolute atomic E-state index is 0.284. The molecule has 0 saturated carbocycles. The molecule has 4 nitrogen and oxygen atoms in total. The van der Waals surface area contributed by atoms with E-state index < -0.39 is 27.7 Å². The highest BCUT2D eigenvalue weighted by Crippen LogP contribution is 2.28. The Kier molecular flexibility index (Phi) is 4.80. The largest absolute Gasteiger partial charge is 0.395 e. The van der Waals surface area contributed by atoms with Gasteiger partial charge in [-0.2, -0.15) is 0 Å². The van der Waals surface area contributed by atoms with Crippen molar-refractivity contribution in [3.8, 4) is 0 Å². The zero-order chi connectivity index (χ0) is 13.2. The second-order valence-electron chi connectivity index (χ2n) is 3.74. The van der Waals surface area contributed by atoms with Crippen molar-refractivity contribution in [2.24, 2.45) is 5.73 Å². The van der Waals surface area contributed by atoms with Gasteiger partial charge in [-0.25, -0.2) is 8.42 Å². The van der Waals surface area contributed by atoms with Crippen molar-refractivity contribution in [2.45, 2.75) is 11.3 Å². The number of benzene rings is 1. The summed E-state index contributed by atoms with van der Waals surface area (Å²) in [6.45, 7) is -0.557. The third-order valence-corrected chi connectivity index (χ3v) is 4.56. The van der Waals surface area contributed by atoms with Crippen LogP contribution in [0.25, 0.3) is 0 Å². The van der Waals surface area contributed by atoms with E-state index in [9.17, 15) is 8.42 Å². The van der Waals surface area contributed by atoms with Crippen molar-refractivity contribution in [3.05, 3.63) is 33.8 Å². The normalized spacial score (nSPS) is 15.6. The fourth-order valence-corrected chi connectivity index (χ4v) is 2.97. The topological polar surface area (TPSA) is 80.4 Å². The molecule has 7 heteroatoms. The monoisotopic (exact) mass is 297 g/mol. The maximum Gasteiger partial charge on any atom is 0.154 e. The van der Waals surface area contributed by atoms with Crippen LogP contribution < -0.4 is 5.73 Å². The quantitative estimate of drug-likeness (QED) is 0.880. The molecule has 1 aromatic carbocycles. The Morgan fingerprint density at radius 1 is 1.41 bits per heavy atom. The Morgan fingerprint density at radius 2 is 2.00 bits per heavy atom. The van der Waals surface area contributed by atoms with Crippen molar-refractivity contribution in [3.63, 3.8) is 0 Å². The molecule has 0 aliphatic heterocycles. The second kappa shape index (κ2) is 5.54. The molecule has 0 heterocycles. The highest BCUT2D eigenvalue weighted by molar-refractivity contribution is 7.91. The van der Waals surface area contributed by atoms with Gasteiger partial charge in [-0.1, -0.05) is 29.3 Å². The predicted octanol–water partition coefficient (Wildman–Crippen LogP) is 1.40. The van der Waals surface area contributed by atoms with Crippen molar-refractivity contribution in [2.75, 3.05) is 12.9 Å². The summed E-state index contributed by atoms with van der Waals surface area (Å²) >= 11 is 11.7. The first-order valence-corrected chi connectivity index (χ1v) is 7.48. The van der Waals surface area contributed by atoms with Gasteiger partial charge in [-0.15, -0.1) is 0 Å². The average Bonchev–Trinajstić information content (AvgIpc) is 2.15. The van der Waals surface area contributed by atoms with Crippen molar-refractivity contribution in [1.29, 1.82) is 0 Å². The van der Waals surface area contributed by atoms with E-state index in [1.54, 1.807) is 12.1 Å². The van der Waals surface area contributed by atoms with Crippen LogP contribution in [0.15, 0.2) is 18.2 Å². The van der Waals surface area contributed by atoms with Crippen LogP contribution in [-0.4, -0.2) is 31.6 Å². The Labute approximate surface area is 110 Å². The molecule has 0 aromatic heterocycles. The second-order valence-corrected chi connectivity index (χ2v) is 6.85. The smallest absolute Gasteiger partial charge is 0.154 e. The molecule has 96 valence electrons. The molecular formula is C10H13Cl2NO3S. The summed E-state index contributed by atoms with van der Waals surface area (Å²) in [5, 5.41) is 8.75. The van der Waals surface area contributed by atoms with Gasteiger partial charge in [0.1, 0.15) is 5.25 Å². The Balaban J connectivity index is 3.15. The molecule has 0 radical (unpaired) electrons. The van der Waals surface area contributed by atoms with Gasteiger partial charge in [0.05, 0.1) is 12.6 Å². The number of aliphatic hydroxyl groups is 1. The molecule has 0 aliphatic rings. The zero-order valence-electron chi connectivity index (χ0n) is 9.10. The molecule has 2 atom stereocenters. The van der Waals surface area contributed by atoms with Gasteiger partial charge in [0.15, 0.2) is 9.84 Å². The molecule has 0 bridgehead atoms. The minimum Gasteiger partial charge on any atom is -0.395 e. The van der Waals surface area contributed by atoms with E-state index in [0.29, 0.717) is 10.6 Å². The molecule has 0 fully saturated rings. The van der Waals surface area contributed by atoms with Gasteiger partial charge in [-0.3, -0.25) is 0 Å². The van der Waals surface area contributed by atoms with Crippen LogP contribution in [0, 0.1) is 0 Å². The zero-order valence-corrected chi connectivity index (χ0v) is 11.4. The molecule has 1 aromatic rings. The number of rotatable bonds is 4. The summed E-state index contributed by atoms with van der Waals surface area (Å²) in [6, 6.07) is 3.72. The summed E-state index contributed by atoms with van der Waals surface area (Å²) < 4.78 is 22.9. The first-order chi connectivity index (χ1) is 7.77. The number of hydrogen-bond acceptors (Lipinski definition) is 4. The molecule has 0 spiro atoms. The van der Waals surface area contributed by atoms with Crippen LogP contribution in [0.5, 0.6) is 0 Å². The van der Waals surface area contributed by atoms with Gasteiger partial charge in [-0.05, 0) is 17.7 Å². The van der Waals surface area contributed by atoms with Gasteiger partial charge >= 0.3 is 0 Å². The molecule has 3 N–H and O–H groups in total. The Hall–Kier alpha value is -0.330. The van der Waals surface area contributed by atoms with E-state index in [2.05, 4.69) is 0 Å². The summed E-state index contributed by atoms with van der Waals surface area (Å²) in [4.78, 5) is 0. The fraction of sp³-hybridized carbons (Fsp3) is 0.400. The summed E-state index contributed by atoms with van der Waals surface area (Å²) in [6.07, 6.45) is 1.03. The Morgan fingerprint density at radius 3 is 2.41 bits per heavy atom. The van der Waals surface area contributed by atoms with Gasteiger partial charge < -0.3 is 10.8 Å². The molecule has 0 amide bonds. The van der Waals surface area contributed by atoms with E-state index in [0.717, 1.165) is 6.26 Å². The third kappa shape index (κ3) is 3.56. The number of aliphatic hydroxyl groups excluding tert-OH is 1. The van der Waals surface area contributed by atoms with E-state index in [1.165, 1.54) is 6.07 Å². The van der Waals surface area contributed by atoms with Crippen molar-refractivity contribution < 1.29 is 13.5 Å². The van der Waals surface area contributed by atoms with E-state index in [-0.39, 0.29) is 5.02 Å². The summed E-state index contributed by atoms with van der Waals surface area (Å²) in [5.41, 5.74) is 6.27. The molecule has 1 rings (SSSR count). The SMILES string of the molecule is CS(=O)(=O)C(CO)C(N)c1ccc(Cl)cc1Cl. The van der Waals surface area contributed by atoms with Gasteiger partial charge in [0.2, 0.25) is 0 Å². The summed E-state index contributed by atoms with van der Waals surface area (Å²) in [7, 11) is -3.46. The van der Waals surface area contributed by atoms with Crippen LogP contribution >= 0.6 is 23.2 Å². The molecular weight excluding hydrogens is 285 g/mol. The lowest BCUT2D eigenvalue weighted by atomic mass is 10.0. The molecule has 17 heavy (non-hydrogen) atoms. The number of sulfone groups is 1. The minimum atomic E-state index is -3.46. The lowest BCUT2D eigenvalue weighted by Gasteiger charge is -2.21. The highest BCUT2D eigenvalue weighted by Gasteiger charge is 2.29. The van der Waals surface area contributed by atoms with Crippen LogP contribution in [-0.2, 0) is 9.84 Å². The van der Waals surface area contributed by atoms with Gasteiger partial charge in [0.25, 0.3) is 0 Å². The van der Waals surface area contributed by atoms with Gasteiger partial charge in [0, 0.05) is 16.3 Å². The van der Waals surface area contributed by atoms with E-state index >= 15 is 0 Å². The first-order valence-electron chi connectivity index (χ1n) is 4.77. The maximum atomic E-state index is 11.4. The fourth-order valence-electron chi connectivity index (χ4n) is 1.49. The van der Waals surface area contributed by atoms with Crippen LogP contribution in [0.1, 0.15) is 11.6 Å². The standard InChI is InChI=1S/C10H13Cl2NO3S/c1-17(15,16)9(5-14)10(13)7-3-2-6(11)4-8(7)12/h2-4,9-10,14H,5,13H2,1H3. The molecule has 0 saturated heterocycles.